The summed E-state index contributed by atoms with van der Waals surface area (Å²) in [4.78, 5) is 18.2. The second-order valence-electron chi connectivity index (χ2n) is 3.17. The van der Waals surface area contributed by atoms with Crippen molar-refractivity contribution >= 4 is 17.9 Å². The SMILES string of the molecule is O=Cc1c(Cl)ncnc1-c1cc(F)ccc1F. The summed E-state index contributed by atoms with van der Waals surface area (Å²) in [6.07, 6.45) is 1.48. The Kier molecular flexibility index (Phi) is 3.10. The van der Waals surface area contributed by atoms with Crippen LogP contribution >= 0.6 is 11.6 Å². The Morgan fingerprint density at radius 3 is 2.71 bits per heavy atom. The summed E-state index contributed by atoms with van der Waals surface area (Å²) < 4.78 is 26.6. The van der Waals surface area contributed by atoms with Crippen molar-refractivity contribution in [2.24, 2.45) is 0 Å². The average Bonchev–Trinajstić information content (AvgIpc) is 2.32. The Hall–Kier alpha value is -1.88. The molecule has 86 valence electrons. The smallest absolute Gasteiger partial charge is 0.155 e. The fraction of sp³-hybridized carbons (Fsp3) is 0. The second kappa shape index (κ2) is 4.55. The second-order valence-corrected chi connectivity index (χ2v) is 3.53. The molecular formula is C11H5ClF2N2O. The molecule has 17 heavy (non-hydrogen) atoms. The van der Waals surface area contributed by atoms with E-state index in [9.17, 15) is 13.6 Å². The Morgan fingerprint density at radius 2 is 2.00 bits per heavy atom. The first-order chi connectivity index (χ1) is 8.13. The van der Waals surface area contributed by atoms with Crippen molar-refractivity contribution in [1.82, 2.24) is 9.97 Å². The van der Waals surface area contributed by atoms with Crippen LogP contribution in [0.1, 0.15) is 10.4 Å². The first-order valence-electron chi connectivity index (χ1n) is 4.54. The monoisotopic (exact) mass is 254 g/mol. The zero-order chi connectivity index (χ0) is 12.4. The van der Waals surface area contributed by atoms with Crippen molar-refractivity contribution in [3.63, 3.8) is 0 Å². The molecule has 0 saturated heterocycles. The van der Waals surface area contributed by atoms with Gasteiger partial charge in [-0.05, 0) is 18.2 Å². The van der Waals surface area contributed by atoms with Gasteiger partial charge in [-0.25, -0.2) is 18.7 Å². The van der Waals surface area contributed by atoms with E-state index in [0.717, 1.165) is 24.5 Å². The number of aldehydes is 1. The third-order valence-electron chi connectivity index (χ3n) is 2.14. The molecule has 0 amide bonds. The molecule has 0 bridgehead atoms. The topological polar surface area (TPSA) is 42.9 Å². The molecule has 2 rings (SSSR count). The molecule has 2 aromatic rings. The molecule has 0 unspecified atom stereocenters. The maximum Gasteiger partial charge on any atom is 0.155 e. The van der Waals surface area contributed by atoms with Gasteiger partial charge in [0.05, 0.1) is 11.3 Å². The Labute approximate surface area is 100 Å². The van der Waals surface area contributed by atoms with Crippen molar-refractivity contribution in [3.8, 4) is 11.3 Å². The van der Waals surface area contributed by atoms with Gasteiger partial charge < -0.3 is 0 Å². The lowest BCUT2D eigenvalue weighted by Crippen LogP contribution is -1.97. The van der Waals surface area contributed by atoms with E-state index in [-0.39, 0.29) is 22.0 Å². The van der Waals surface area contributed by atoms with E-state index in [1.807, 2.05) is 0 Å². The van der Waals surface area contributed by atoms with Gasteiger partial charge in [0.1, 0.15) is 23.1 Å². The molecule has 0 fully saturated rings. The van der Waals surface area contributed by atoms with Gasteiger partial charge in [-0.3, -0.25) is 4.79 Å². The molecule has 0 N–H and O–H groups in total. The highest BCUT2D eigenvalue weighted by Gasteiger charge is 2.15. The van der Waals surface area contributed by atoms with Gasteiger partial charge in [-0.1, -0.05) is 11.6 Å². The van der Waals surface area contributed by atoms with Crippen molar-refractivity contribution in [3.05, 3.63) is 46.9 Å². The van der Waals surface area contributed by atoms with Crippen LogP contribution in [0.5, 0.6) is 0 Å². The molecule has 1 aromatic heterocycles. The molecule has 1 aromatic carbocycles. The number of carbonyl (C=O) groups is 1. The van der Waals surface area contributed by atoms with Gasteiger partial charge in [0.25, 0.3) is 0 Å². The standard InChI is InChI=1S/C11H5ClF2N2O/c12-11-8(4-17)10(15-5-16-11)7-3-6(13)1-2-9(7)14/h1-5H. The van der Waals surface area contributed by atoms with E-state index in [0.29, 0.717) is 6.29 Å². The molecule has 0 spiro atoms. The number of aromatic nitrogens is 2. The van der Waals surface area contributed by atoms with Crippen molar-refractivity contribution in [2.45, 2.75) is 0 Å². The highest BCUT2D eigenvalue weighted by molar-refractivity contribution is 6.32. The number of benzene rings is 1. The molecule has 0 saturated carbocycles. The van der Waals surface area contributed by atoms with Gasteiger partial charge in [0, 0.05) is 5.56 Å². The number of halogens is 3. The summed E-state index contributed by atoms with van der Waals surface area (Å²) in [7, 11) is 0. The molecule has 6 heteroatoms. The Balaban J connectivity index is 2.72. The highest BCUT2D eigenvalue weighted by Crippen LogP contribution is 2.26. The fourth-order valence-electron chi connectivity index (χ4n) is 1.37. The van der Waals surface area contributed by atoms with Crippen LogP contribution < -0.4 is 0 Å². The third kappa shape index (κ3) is 2.14. The number of carbonyl (C=O) groups excluding carboxylic acids is 1. The summed E-state index contributed by atoms with van der Waals surface area (Å²) in [5, 5.41) is -0.103. The van der Waals surface area contributed by atoms with Crippen LogP contribution in [-0.2, 0) is 0 Å². The van der Waals surface area contributed by atoms with Gasteiger partial charge >= 0.3 is 0 Å². The van der Waals surface area contributed by atoms with Crippen LogP contribution in [0.15, 0.2) is 24.5 Å². The van der Waals surface area contributed by atoms with E-state index < -0.39 is 11.6 Å². The zero-order valence-corrected chi connectivity index (χ0v) is 9.08. The molecule has 0 aliphatic rings. The summed E-state index contributed by atoms with van der Waals surface area (Å²) in [5.74, 6) is -1.32. The largest absolute Gasteiger partial charge is 0.298 e. The molecule has 0 aliphatic carbocycles. The van der Waals surface area contributed by atoms with Gasteiger partial charge in [0.15, 0.2) is 6.29 Å². The molecule has 1 heterocycles. The number of rotatable bonds is 2. The lowest BCUT2D eigenvalue weighted by Gasteiger charge is -2.05. The van der Waals surface area contributed by atoms with Crippen molar-refractivity contribution in [1.29, 1.82) is 0 Å². The predicted molar refractivity (Wildman–Crippen MR) is 57.8 cm³/mol. The minimum atomic E-state index is -0.690. The van der Waals surface area contributed by atoms with Gasteiger partial charge in [-0.2, -0.15) is 0 Å². The summed E-state index contributed by atoms with van der Waals surface area (Å²) >= 11 is 5.67. The Bertz CT molecular complexity index is 590. The highest BCUT2D eigenvalue weighted by atomic mass is 35.5. The van der Waals surface area contributed by atoms with Crippen molar-refractivity contribution < 1.29 is 13.6 Å². The molecule has 0 atom stereocenters. The number of hydrogen-bond donors (Lipinski definition) is 0. The van der Waals surface area contributed by atoms with E-state index in [1.165, 1.54) is 0 Å². The quantitative estimate of drug-likeness (QED) is 0.611. The van der Waals surface area contributed by atoms with Gasteiger partial charge in [-0.15, -0.1) is 0 Å². The minimum absolute atomic E-state index is 0.0306. The van der Waals surface area contributed by atoms with Crippen LogP contribution in [0.2, 0.25) is 5.15 Å². The Morgan fingerprint density at radius 1 is 1.24 bits per heavy atom. The molecule has 0 aliphatic heterocycles. The maximum absolute atomic E-state index is 13.5. The van der Waals surface area contributed by atoms with Crippen molar-refractivity contribution in [2.75, 3.05) is 0 Å². The molecule has 0 radical (unpaired) electrons. The first kappa shape index (κ1) is 11.6. The third-order valence-corrected chi connectivity index (χ3v) is 2.44. The summed E-state index contributed by atoms with van der Waals surface area (Å²) in [6.45, 7) is 0. The number of nitrogens with zero attached hydrogens (tertiary/aromatic N) is 2. The molecule has 3 nitrogen and oxygen atoms in total. The average molecular weight is 255 g/mol. The van der Waals surface area contributed by atoms with Crippen LogP contribution in [0.4, 0.5) is 8.78 Å². The van der Waals surface area contributed by atoms with Crippen LogP contribution in [0, 0.1) is 11.6 Å². The number of hydrogen-bond acceptors (Lipinski definition) is 3. The first-order valence-corrected chi connectivity index (χ1v) is 4.92. The van der Waals surface area contributed by atoms with Gasteiger partial charge in [0.2, 0.25) is 0 Å². The van der Waals surface area contributed by atoms with E-state index in [4.69, 9.17) is 11.6 Å². The predicted octanol–water partition coefficient (Wildman–Crippen LogP) is 2.89. The maximum atomic E-state index is 13.5. The fourth-order valence-corrected chi connectivity index (χ4v) is 1.55. The van der Waals surface area contributed by atoms with E-state index in [2.05, 4.69) is 9.97 Å². The zero-order valence-electron chi connectivity index (χ0n) is 8.32. The minimum Gasteiger partial charge on any atom is -0.298 e. The lowest BCUT2D eigenvalue weighted by atomic mass is 10.1. The lowest BCUT2D eigenvalue weighted by molar-refractivity contribution is 0.112. The van der Waals surface area contributed by atoms with E-state index in [1.54, 1.807) is 0 Å². The van der Waals surface area contributed by atoms with Crippen LogP contribution in [0.25, 0.3) is 11.3 Å². The normalized spacial score (nSPS) is 10.3. The summed E-state index contributed by atoms with van der Waals surface area (Å²) in [6, 6.07) is 2.87. The van der Waals surface area contributed by atoms with E-state index >= 15 is 0 Å². The summed E-state index contributed by atoms with van der Waals surface area (Å²) in [5.41, 5.74) is -0.230. The van der Waals surface area contributed by atoms with Crippen LogP contribution in [-0.4, -0.2) is 16.3 Å². The van der Waals surface area contributed by atoms with Crippen LogP contribution in [0.3, 0.4) is 0 Å². The molecular weight excluding hydrogens is 250 g/mol.